The van der Waals surface area contributed by atoms with E-state index in [9.17, 15) is 4.79 Å². The van der Waals surface area contributed by atoms with Crippen molar-refractivity contribution in [1.82, 2.24) is 10.6 Å². The van der Waals surface area contributed by atoms with Gasteiger partial charge < -0.3 is 15.5 Å². The van der Waals surface area contributed by atoms with E-state index >= 15 is 0 Å². The van der Waals surface area contributed by atoms with E-state index in [1.165, 1.54) is 30.5 Å². The van der Waals surface area contributed by atoms with Crippen LogP contribution < -0.4 is 15.5 Å². The fourth-order valence-corrected chi connectivity index (χ4v) is 3.14. The normalized spacial score (nSPS) is 21.6. The van der Waals surface area contributed by atoms with Crippen LogP contribution in [-0.4, -0.2) is 38.1 Å². The van der Waals surface area contributed by atoms with E-state index in [1.807, 2.05) is 6.07 Å². The molecule has 0 aliphatic carbocycles. The molecule has 1 fully saturated rings. The number of fused-ring (bicyclic) bond motifs is 1. The number of nitrogens with one attached hydrogen (secondary N) is 2. The number of rotatable bonds is 4. The van der Waals surface area contributed by atoms with Crippen LogP contribution in [0, 0.1) is 0 Å². The molecule has 1 aromatic rings. The van der Waals surface area contributed by atoms with E-state index in [0.717, 1.165) is 26.1 Å². The number of carbonyl (C=O) groups is 1. The Balaban J connectivity index is 1.47. The summed E-state index contributed by atoms with van der Waals surface area (Å²) in [5.74, 6) is 0.133. The molecule has 0 spiro atoms. The Morgan fingerprint density at radius 2 is 2.25 bits per heavy atom. The molecule has 2 heterocycles. The van der Waals surface area contributed by atoms with E-state index in [2.05, 4.69) is 33.7 Å². The molecule has 2 aliphatic rings. The summed E-state index contributed by atoms with van der Waals surface area (Å²) in [7, 11) is 0. The van der Waals surface area contributed by atoms with Gasteiger partial charge in [-0.1, -0.05) is 24.6 Å². The van der Waals surface area contributed by atoms with Crippen molar-refractivity contribution < 1.29 is 4.79 Å². The molecule has 108 valence electrons. The average Bonchev–Trinajstić information content (AvgIpc) is 2.90. The highest BCUT2D eigenvalue weighted by Gasteiger charge is 2.21. The average molecular weight is 273 g/mol. The number of nitrogens with zero attached hydrogens (tertiary/aromatic N) is 1. The van der Waals surface area contributed by atoms with Gasteiger partial charge in [0.1, 0.15) is 0 Å². The number of hydrogen-bond acceptors (Lipinski definition) is 3. The van der Waals surface area contributed by atoms with Gasteiger partial charge >= 0.3 is 0 Å². The number of piperidine rings is 1. The Bertz CT molecular complexity index is 469. The lowest BCUT2D eigenvalue weighted by Crippen LogP contribution is -2.45. The van der Waals surface area contributed by atoms with Crippen LogP contribution in [0.25, 0.3) is 0 Å². The van der Waals surface area contributed by atoms with Crippen LogP contribution >= 0.6 is 0 Å². The third-order valence-corrected chi connectivity index (χ3v) is 4.28. The minimum Gasteiger partial charge on any atom is -0.362 e. The SMILES string of the molecule is O=C(CN1CCc2ccccc21)NCC1CCCCN1. The second-order valence-corrected chi connectivity index (χ2v) is 5.75. The topological polar surface area (TPSA) is 44.4 Å². The molecule has 0 radical (unpaired) electrons. The molecule has 1 saturated heterocycles. The second-order valence-electron chi connectivity index (χ2n) is 5.75. The molecule has 1 unspecified atom stereocenters. The number of benzene rings is 1. The third kappa shape index (κ3) is 3.12. The van der Waals surface area contributed by atoms with Crippen LogP contribution in [0.3, 0.4) is 0 Å². The molecule has 1 aromatic carbocycles. The zero-order chi connectivity index (χ0) is 13.8. The summed E-state index contributed by atoms with van der Waals surface area (Å²) >= 11 is 0. The molecule has 4 heteroatoms. The van der Waals surface area contributed by atoms with Crippen molar-refractivity contribution in [3.05, 3.63) is 29.8 Å². The fraction of sp³-hybridized carbons (Fsp3) is 0.562. The molecular weight excluding hydrogens is 250 g/mol. The zero-order valence-electron chi connectivity index (χ0n) is 11.9. The predicted molar refractivity (Wildman–Crippen MR) is 81.0 cm³/mol. The minimum absolute atomic E-state index is 0.133. The summed E-state index contributed by atoms with van der Waals surface area (Å²) < 4.78 is 0. The Morgan fingerprint density at radius 1 is 1.35 bits per heavy atom. The highest BCUT2D eigenvalue weighted by atomic mass is 16.2. The number of amides is 1. The molecule has 4 nitrogen and oxygen atoms in total. The van der Waals surface area contributed by atoms with Crippen LogP contribution in [0.5, 0.6) is 0 Å². The summed E-state index contributed by atoms with van der Waals surface area (Å²) in [5.41, 5.74) is 2.58. The Hall–Kier alpha value is -1.55. The largest absolute Gasteiger partial charge is 0.362 e. The van der Waals surface area contributed by atoms with Gasteiger partial charge in [-0.25, -0.2) is 0 Å². The highest BCUT2D eigenvalue weighted by Crippen LogP contribution is 2.26. The number of carbonyl (C=O) groups excluding carboxylic acids is 1. The first kappa shape index (κ1) is 13.4. The van der Waals surface area contributed by atoms with E-state index in [-0.39, 0.29) is 5.91 Å². The number of anilines is 1. The van der Waals surface area contributed by atoms with Crippen LogP contribution in [0.4, 0.5) is 5.69 Å². The second kappa shape index (κ2) is 6.27. The number of hydrogen-bond donors (Lipinski definition) is 2. The van der Waals surface area contributed by atoms with Crippen LogP contribution in [0.1, 0.15) is 24.8 Å². The molecule has 0 saturated carbocycles. The van der Waals surface area contributed by atoms with Gasteiger partial charge in [-0.3, -0.25) is 4.79 Å². The standard InChI is InChI=1S/C16H23N3O/c20-16(18-11-14-6-3-4-9-17-14)12-19-10-8-13-5-1-2-7-15(13)19/h1-2,5,7,14,17H,3-4,6,8-12H2,(H,18,20). The summed E-state index contributed by atoms with van der Waals surface area (Å²) in [6.07, 6.45) is 4.75. The maximum atomic E-state index is 12.1. The molecule has 0 aromatic heterocycles. The molecule has 2 aliphatic heterocycles. The van der Waals surface area contributed by atoms with Crippen LogP contribution in [0.15, 0.2) is 24.3 Å². The molecule has 1 amide bonds. The molecule has 1 atom stereocenters. The van der Waals surface area contributed by atoms with Gasteiger partial charge in [0, 0.05) is 24.8 Å². The lowest BCUT2D eigenvalue weighted by Gasteiger charge is -2.24. The molecule has 20 heavy (non-hydrogen) atoms. The van der Waals surface area contributed by atoms with Crippen molar-refractivity contribution in [1.29, 1.82) is 0 Å². The summed E-state index contributed by atoms with van der Waals surface area (Å²) in [6, 6.07) is 8.83. The monoisotopic (exact) mass is 273 g/mol. The quantitative estimate of drug-likeness (QED) is 0.869. The van der Waals surface area contributed by atoms with Crippen molar-refractivity contribution in [3.63, 3.8) is 0 Å². The van der Waals surface area contributed by atoms with Crippen molar-refractivity contribution in [2.24, 2.45) is 0 Å². The van der Waals surface area contributed by atoms with Gasteiger partial charge in [-0.05, 0) is 37.4 Å². The van der Waals surface area contributed by atoms with Gasteiger partial charge in [-0.15, -0.1) is 0 Å². The highest BCUT2D eigenvalue weighted by molar-refractivity contribution is 5.82. The fourth-order valence-electron chi connectivity index (χ4n) is 3.14. The lowest BCUT2D eigenvalue weighted by atomic mass is 10.1. The van der Waals surface area contributed by atoms with Gasteiger partial charge in [0.25, 0.3) is 0 Å². The lowest BCUT2D eigenvalue weighted by molar-refractivity contribution is -0.119. The smallest absolute Gasteiger partial charge is 0.239 e. The Labute approximate surface area is 120 Å². The van der Waals surface area contributed by atoms with Crippen LogP contribution in [-0.2, 0) is 11.2 Å². The zero-order valence-corrected chi connectivity index (χ0v) is 11.9. The first-order chi connectivity index (χ1) is 9.83. The maximum absolute atomic E-state index is 12.1. The van der Waals surface area contributed by atoms with E-state index in [1.54, 1.807) is 0 Å². The Kier molecular flexibility index (Phi) is 4.21. The minimum atomic E-state index is 0.133. The molecule has 3 rings (SSSR count). The summed E-state index contributed by atoms with van der Waals surface area (Å²) in [5, 5.41) is 6.52. The first-order valence-corrected chi connectivity index (χ1v) is 7.66. The number of para-hydroxylation sites is 1. The molecular formula is C16H23N3O. The predicted octanol–water partition coefficient (Wildman–Crippen LogP) is 1.31. The van der Waals surface area contributed by atoms with Crippen molar-refractivity contribution in [2.75, 3.05) is 31.1 Å². The summed E-state index contributed by atoms with van der Waals surface area (Å²) in [4.78, 5) is 14.3. The van der Waals surface area contributed by atoms with Gasteiger partial charge in [-0.2, -0.15) is 0 Å². The van der Waals surface area contributed by atoms with E-state index in [0.29, 0.717) is 12.6 Å². The summed E-state index contributed by atoms with van der Waals surface area (Å²) in [6.45, 7) is 3.27. The van der Waals surface area contributed by atoms with Crippen molar-refractivity contribution in [2.45, 2.75) is 31.7 Å². The van der Waals surface area contributed by atoms with Gasteiger partial charge in [0.15, 0.2) is 0 Å². The van der Waals surface area contributed by atoms with E-state index < -0.39 is 0 Å². The van der Waals surface area contributed by atoms with E-state index in [4.69, 9.17) is 0 Å². The van der Waals surface area contributed by atoms with Gasteiger partial charge in [0.05, 0.1) is 6.54 Å². The van der Waals surface area contributed by atoms with Crippen molar-refractivity contribution in [3.8, 4) is 0 Å². The van der Waals surface area contributed by atoms with Crippen molar-refractivity contribution >= 4 is 11.6 Å². The third-order valence-electron chi connectivity index (χ3n) is 4.28. The first-order valence-electron chi connectivity index (χ1n) is 7.66. The Morgan fingerprint density at radius 3 is 3.10 bits per heavy atom. The van der Waals surface area contributed by atoms with Crippen LogP contribution in [0.2, 0.25) is 0 Å². The molecule has 2 N–H and O–H groups in total. The van der Waals surface area contributed by atoms with Gasteiger partial charge in [0.2, 0.25) is 5.91 Å². The maximum Gasteiger partial charge on any atom is 0.239 e. The molecule has 0 bridgehead atoms.